The number of ketones is 1. The molecule has 0 aliphatic carbocycles. The van der Waals surface area contributed by atoms with Gasteiger partial charge in [-0.25, -0.2) is 0 Å². The van der Waals surface area contributed by atoms with Crippen molar-refractivity contribution >= 4 is 11.7 Å². The molecular weight excluding hydrogens is 512 g/mol. The van der Waals surface area contributed by atoms with Gasteiger partial charge in [-0.2, -0.15) is 0 Å². The van der Waals surface area contributed by atoms with E-state index < -0.39 is 12.1 Å². The third-order valence-corrected chi connectivity index (χ3v) is 7.64. The third kappa shape index (κ3) is 8.19. The second-order valence-electron chi connectivity index (χ2n) is 10.5. The van der Waals surface area contributed by atoms with Gasteiger partial charge in [-0.05, 0) is 74.2 Å². The molecule has 2 aliphatic rings. The number of ether oxygens (including phenoxy) is 4. The number of hydrogen-bond donors (Lipinski definition) is 2. The number of aliphatic hydroxyl groups is 1. The molecule has 4 rings (SSSR count). The number of hydrogen-bond acceptors (Lipinski definition) is 8. The van der Waals surface area contributed by atoms with E-state index in [4.69, 9.17) is 18.9 Å². The van der Waals surface area contributed by atoms with Crippen molar-refractivity contribution in [3.8, 4) is 17.2 Å². The van der Waals surface area contributed by atoms with Gasteiger partial charge < -0.3 is 29.4 Å². The molecule has 2 N–H and O–H groups in total. The number of Topliss-reactive ketones (excluding diaryl/α,β-unsaturated/α-hetero) is 1. The molecule has 40 heavy (non-hydrogen) atoms. The Balaban J connectivity index is 1.30. The number of amides is 1. The lowest BCUT2D eigenvalue weighted by Crippen LogP contribution is -2.49. The Morgan fingerprint density at radius 1 is 1.02 bits per heavy atom. The number of unbranched alkanes of at least 4 members (excludes halogenated alkanes) is 2. The molecule has 0 saturated carbocycles. The summed E-state index contributed by atoms with van der Waals surface area (Å²) in [5.74, 6) is 1.97. The number of rotatable bonds is 15. The first kappa shape index (κ1) is 29.8. The molecule has 2 heterocycles. The predicted octanol–water partition coefficient (Wildman–Crippen LogP) is 3.93. The van der Waals surface area contributed by atoms with E-state index in [1.54, 1.807) is 44.6 Å². The maximum Gasteiger partial charge on any atom is 0.220 e. The van der Waals surface area contributed by atoms with E-state index in [1.807, 2.05) is 12.1 Å². The molecule has 0 aromatic heterocycles. The van der Waals surface area contributed by atoms with Crippen molar-refractivity contribution in [2.75, 3.05) is 47.1 Å². The van der Waals surface area contributed by atoms with E-state index in [-0.39, 0.29) is 17.7 Å². The van der Waals surface area contributed by atoms with Crippen molar-refractivity contribution in [2.45, 2.75) is 63.1 Å². The average Bonchev–Trinajstić information content (AvgIpc) is 3.42. The van der Waals surface area contributed by atoms with Gasteiger partial charge in [0, 0.05) is 38.1 Å². The number of nitrogens with one attached hydrogen (secondary N) is 1. The largest absolute Gasteiger partial charge is 0.497 e. The minimum absolute atomic E-state index is 0.0888. The Kier molecular flexibility index (Phi) is 11.2. The van der Waals surface area contributed by atoms with Crippen LogP contribution in [0.5, 0.6) is 17.2 Å². The van der Waals surface area contributed by atoms with Crippen LogP contribution >= 0.6 is 0 Å². The van der Waals surface area contributed by atoms with Crippen LogP contribution in [0.4, 0.5) is 0 Å². The van der Waals surface area contributed by atoms with E-state index in [0.717, 1.165) is 31.6 Å². The molecule has 218 valence electrons. The van der Waals surface area contributed by atoms with Gasteiger partial charge in [0.25, 0.3) is 0 Å². The van der Waals surface area contributed by atoms with E-state index in [1.165, 1.54) is 0 Å². The first-order valence-electron chi connectivity index (χ1n) is 14.3. The summed E-state index contributed by atoms with van der Waals surface area (Å²) in [6.07, 6.45) is 4.11. The van der Waals surface area contributed by atoms with Crippen LogP contribution in [0.3, 0.4) is 0 Å². The minimum Gasteiger partial charge on any atom is -0.497 e. The fourth-order valence-corrected chi connectivity index (χ4v) is 5.42. The Hall–Kier alpha value is -3.14. The highest BCUT2D eigenvalue weighted by Gasteiger charge is 2.31. The van der Waals surface area contributed by atoms with Crippen molar-refractivity contribution in [3.05, 3.63) is 53.6 Å². The monoisotopic (exact) mass is 554 g/mol. The molecule has 0 bridgehead atoms. The molecule has 1 fully saturated rings. The number of nitrogens with zero attached hydrogens (tertiary/aromatic N) is 1. The SMILES string of the molecule is COC[C@@H]1CCCN1C[C@@H](NC(=O)CCCCCC(=O)c1ccc(OC)cc1)C(O)c1ccc2c(c1)OCCO2. The molecule has 0 spiro atoms. The highest BCUT2D eigenvalue weighted by atomic mass is 16.6. The number of fused-ring (bicyclic) bond motifs is 1. The van der Waals surface area contributed by atoms with E-state index in [9.17, 15) is 14.7 Å². The summed E-state index contributed by atoms with van der Waals surface area (Å²) in [5, 5.41) is 14.5. The van der Waals surface area contributed by atoms with Crippen LogP contribution in [0.2, 0.25) is 0 Å². The molecule has 2 aromatic carbocycles. The number of carbonyl (C=O) groups excluding carboxylic acids is 2. The van der Waals surface area contributed by atoms with Crippen LogP contribution < -0.4 is 19.5 Å². The number of methoxy groups -OCH3 is 2. The molecule has 2 aromatic rings. The highest BCUT2D eigenvalue weighted by Crippen LogP contribution is 2.34. The topological polar surface area (TPSA) is 107 Å². The summed E-state index contributed by atoms with van der Waals surface area (Å²) in [4.78, 5) is 27.7. The van der Waals surface area contributed by atoms with E-state index in [0.29, 0.717) is 74.7 Å². The maximum atomic E-state index is 13.0. The Labute approximate surface area is 236 Å². The van der Waals surface area contributed by atoms with E-state index >= 15 is 0 Å². The quantitative estimate of drug-likeness (QED) is 0.252. The highest BCUT2D eigenvalue weighted by molar-refractivity contribution is 5.96. The van der Waals surface area contributed by atoms with Crippen molar-refractivity contribution in [3.63, 3.8) is 0 Å². The lowest BCUT2D eigenvalue weighted by molar-refractivity contribution is -0.123. The Bertz CT molecular complexity index is 1110. The summed E-state index contributed by atoms with van der Waals surface area (Å²) in [6.45, 7) is 3.00. The van der Waals surface area contributed by atoms with Gasteiger partial charge in [-0.3, -0.25) is 14.5 Å². The molecule has 0 radical (unpaired) electrons. The van der Waals surface area contributed by atoms with Crippen LogP contribution in [0.1, 0.15) is 67.0 Å². The summed E-state index contributed by atoms with van der Waals surface area (Å²) in [6, 6.07) is 12.3. The lowest BCUT2D eigenvalue weighted by Gasteiger charge is -2.32. The average molecular weight is 555 g/mol. The normalized spacial score (nSPS) is 18.2. The van der Waals surface area contributed by atoms with Gasteiger partial charge in [-0.1, -0.05) is 12.5 Å². The smallest absolute Gasteiger partial charge is 0.220 e. The molecule has 1 saturated heterocycles. The number of carbonyl (C=O) groups is 2. The summed E-state index contributed by atoms with van der Waals surface area (Å²) in [5.41, 5.74) is 1.34. The van der Waals surface area contributed by atoms with Crippen molar-refractivity contribution in [1.29, 1.82) is 0 Å². The number of aliphatic hydroxyl groups excluding tert-OH is 1. The van der Waals surface area contributed by atoms with Gasteiger partial charge in [0.05, 0.1) is 19.8 Å². The zero-order valence-electron chi connectivity index (χ0n) is 23.6. The minimum atomic E-state index is -0.911. The molecule has 3 atom stereocenters. The standard InChI is InChI=1S/C31H42N2O7/c1-37-21-24-7-6-16-33(24)20-26(31(36)23-12-15-28-29(19-23)40-18-17-39-28)32-30(35)9-5-3-4-8-27(34)22-10-13-25(38-2)14-11-22/h10-15,19,24,26,31,36H,3-9,16-18,20-21H2,1-2H3,(H,32,35)/t24-,26+,31?/m0/s1. The van der Waals surface area contributed by atoms with Crippen LogP contribution in [-0.2, 0) is 9.53 Å². The molecule has 9 nitrogen and oxygen atoms in total. The first-order chi connectivity index (χ1) is 19.5. The van der Waals surface area contributed by atoms with Gasteiger partial charge >= 0.3 is 0 Å². The third-order valence-electron chi connectivity index (χ3n) is 7.64. The van der Waals surface area contributed by atoms with Crippen LogP contribution in [0, 0.1) is 0 Å². The number of benzene rings is 2. The zero-order chi connectivity index (χ0) is 28.3. The Morgan fingerprint density at radius 2 is 1.77 bits per heavy atom. The molecule has 9 heteroatoms. The van der Waals surface area contributed by atoms with Gasteiger partial charge in [0.1, 0.15) is 25.1 Å². The lowest BCUT2D eigenvalue weighted by atomic mass is 10.00. The van der Waals surface area contributed by atoms with Crippen LogP contribution in [0.25, 0.3) is 0 Å². The van der Waals surface area contributed by atoms with Gasteiger partial charge in [-0.15, -0.1) is 0 Å². The van der Waals surface area contributed by atoms with Crippen LogP contribution in [0.15, 0.2) is 42.5 Å². The van der Waals surface area contributed by atoms with Crippen molar-refractivity contribution in [2.24, 2.45) is 0 Å². The fourth-order valence-electron chi connectivity index (χ4n) is 5.42. The van der Waals surface area contributed by atoms with Gasteiger partial charge in [0.15, 0.2) is 17.3 Å². The molecule has 2 aliphatic heterocycles. The fraction of sp³-hybridized carbons (Fsp3) is 0.548. The molecule has 1 unspecified atom stereocenters. The first-order valence-corrected chi connectivity index (χ1v) is 14.3. The molecule has 1 amide bonds. The van der Waals surface area contributed by atoms with Crippen molar-refractivity contribution < 1.29 is 33.6 Å². The predicted molar refractivity (Wildman–Crippen MR) is 151 cm³/mol. The van der Waals surface area contributed by atoms with Gasteiger partial charge in [0.2, 0.25) is 5.91 Å². The second kappa shape index (κ2) is 15.0. The zero-order valence-corrected chi connectivity index (χ0v) is 23.6. The Morgan fingerprint density at radius 3 is 2.52 bits per heavy atom. The van der Waals surface area contributed by atoms with Crippen molar-refractivity contribution in [1.82, 2.24) is 10.2 Å². The van der Waals surface area contributed by atoms with Crippen LogP contribution in [-0.4, -0.2) is 80.9 Å². The summed E-state index contributed by atoms with van der Waals surface area (Å²) in [7, 11) is 3.29. The second-order valence-corrected chi connectivity index (χ2v) is 10.5. The number of likely N-dealkylation sites (tertiary alicyclic amines) is 1. The maximum absolute atomic E-state index is 13.0. The summed E-state index contributed by atoms with van der Waals surface area (Å²) >= 11 is 0. The van der Waals surface area contributed by atoms with E-state index in [2.05, 4.69) is 10.2 Å². The summed E-state index contributed by atoms with van der Waals surface area (Å²) < 4.78 is 21.9. The molecular formula is C31H42N2O7.